The number of hydrogen-bond donors (Lipinski definition) is 2. The van der Waals surface area contributed by atoms with Gasteiger partial charge in [-0.1, -0.05) is 42.5 Å². The van der Waals surface area contributed by atoms with Gasteiger partial charge in [0.05, 0.1) is 12.9 Å². The summed E-state index contributed by atoms with van der Waals surface area (Å²) >= 11 is 0. The standard InChI is InChI=1S/C19H17NO3/c21-13-17(18-9-4-12-23-18)20-19(22)11-10-15-7-3-6-14-5-1-2-8-16(14)15/h1-12,17,21H,13H2,(H,20,22)/b11-10+. The molecule has 0 aliphatic rings. The zero-order valence-corrected chi connectivity index (χ0v) is 12.5. The van der Waals surface area contributed by atoms with Crippen molar-refractivity contribution in [3.63, 3.8) is 0 Å². The molecule has 2 N–H and O–H groups in total. The van der Waals surface area contributed by atoms with E-state index in [0.717, 1.165) is 16.3 Å². The van der Waals surface area contributed by atoms with E-state index in [9.17, 15) is 9.90 Å². The first-order chi connectivity index (χ1) is 11.3. The Bertz CT molecular complexity index is 816. The van der Waals surface area contributed by atoms with E-state index in [0.29, 0.717) is 5.76 Å². The Balaban J connectivity index is 1.75. The number of nitrogens with one attached hydrogen (secondary N) is 1. The molecule has 0 saturated carbocycles. The first-order valence-electron chi connectivity index (χ1n) is 7.38. The molecular weight excluding hydrogens is 290 g/mol. The molecule has 0 bridgehead atoms. The monoisotopic (exact) mass is 307 g/mol. The molecule has 0 fully saturated rings. The van der Waals surface area contributed by atoms with Crippen LogP contribution < -0.4 is 5.32 Å². The highest BCUT2D eigenvalue weighted by atomic mass is 16.3. The maximum atomic E-state index is 12.1. The first kappa shape index (κ1) is 15.1. The number of aliphatic hydroxyl groups excluding tert-OH is 1. The number of fused-ring (bicyclic) bond motifs is 1. The number of amides is 1. The van der Waals surface area contributed by atoms with Gasteiger partial charge in [0.1, 0.15) is 11.8 Å². The van der Waals surface area contributed by atoms with Crippen molar-refractivity contribution in [2.75, 3.05) is 6.61 Å². The van der Waals surface area contributed by atoms with Crippen LogP contribution in [0.2, 0.25) is 0 Å². The molecule has 1 amide bonds. The summed E-state index contributed by atoms with van der Waals surface area (Å²) in [5.41, 5.74) is 0.969. The number of hydrogen-bond acceptors (Lipinski definition) is 3. The third kappa shape index (κ3) is 3.49. The van der Waals surface area contributed by atoms with Gasteiger partial charge in [-0.2, -0.15) is 0 Å². The molecule has 116 valence electrons. The van der Waals surface area contributed by atoms with E-state index in [1.54, 1.807) is 18.2 Å². The van der Waals surface area contributed by atoms with E-state index in [1.165, 1.54) is 12.3 Å². The summed E-state index contributed by atoms with van der Waals surface area (Å²) in [4.78, 5) is 12.1. The fraction of sp³-hybridized carbons (Fsp3) is 0.105. The average molecular weight is 307 g/mol. The van der Waals surface area contributed by atoms with Crippen molar-refractivity contribution < 1.29 is 14.3 Å². The van der Waals surface area contributed by atoms with E-state index in [2.05, 4.69) is 5.32 Å². The molecule has 1 unspecified atom stereocenters. The molecule has 23 heavy (non-hydrogen) atoms. The van der Waals surface area contributed by atoms with Crippen LogP contribution in [-0.2, 0) is 4.79 Å². The molecule has 0 spiro atoms. The maximum absolute atomic E-state index is 12.1. The van der Waals surface area contributed by atoms with Gasteiger partial charge in [-0.3, -0.25) is 4.79 Å². The van der Waals surface area contributed by atoms with Gasteiger partial charge < -0.3 is 14.8 Å². The van der Waals surface area contributed by atoms with E-state index < -0.39 is 6.04 Å². The first-order valence-corrected chi connectivity index (χ1v) is 7.38. The zero-order valence-electron chi connectivity index (χ0n) is 12.5. The van der Waals surface area contributed by atoms with Crippen molar-refractivity contribution in [1.29, 1.82) is 0 Å². The molecule has 1 atom stereocenters. The van der Waals surface area contributed by atoms with Crippen molar-refractivity contribution in [3.8, 4) is 0 Å². The maximum Gasteiger partial charge on any atom is 0.244 e. The van der Waals surface area contributed by atoms with Crippen molar-refractivity contribution in [2.45, 2.75) is 6.04 Å². The minimum Gasteiger partial charge on any atom is -0.467 e. The summed E-state index contributed by atoms with van der Waals surface area (Å²) in [7, 11) is 0. The highest BCUT2D eigenvalue weighted by Crippen LogP contribution is 2.19. The predicted molar refractivity (Wildman–Crippen MR) is 89.7 cm³/mol. The molecule has 1 aromatic heterocycles. The second-order valence-corrected chi connectivity index (χ2v) is 5.16. The van der Waals surface area contributed by atoms with Gasteiger partial charge in [-0.05, 0) is 34.5 Å². The van der Waals surface area contributed by atoms with E-state index in [-0.39, 0.29) is 12.5 Å². The molecule has 0 aliphatic heterocycles. The normalized spacial score (nSPS) is 12.6. The van der Waals surface area contributed by atoms with Crippen molar-refractivity contribution in [1.82, 2.24) is 5.32 Å². The molecule has 0 saturated heterocycles. The van der Waals surface area contributed by atoms with Gasteiger partial charge in [-0.15, -0.1) is 0 Å². The molecule has 0 radical (unpaired) electrons. The Labute approximate surface area is 134 Å². The van der Waals surface area contributed by atoms with Crippen molar-refractivity contribution in [2.24, 2.45) is 0 Å². The zero-order chi connectivity index (χ0) is 16.1. The quantitative estimate of drug-likeness (QED) is 0.711. The fourth-order valence-electron chi connectivity index (χ4n) is 2.48. The SMILES string of the molecule is O=C(/C=C/c1cccc2ccccc12)NC(CO)c1ccco1. The van der Waals surface area contributed by atoms with Gasteiger partial charge in [0.2, 0.25) is 5.91 Å². The highest BCUT2D eigenvalue weighted by molar-refractivity contribution is 5.96. The number of furan rings is 1. The molecule has 3 aromatic rings. The average Bonchev–Trinajstić information content (AvgIpc) is 3.12. The Kier molecular flexibility index (Phi) is 4.54. The van der Waals surface area contributed by atoms with Gasteiger partial charge in [-0.25, -0.2) is 0 Å². The lowest BCUT2D eigenvalue weighted by molar-refractivity contribution is -0.117. The fourth-order valence-corrected chi connectivity index (χ4v) is 2.48. The summed E-state index contributed by atoms with van der Waals surface area (Å²) in [5, 5.41) is 14.3. The van der Waals surface area contributed by atoms with Gasteiger partial charge in [0.15, 0.2) is 0 Å². The lowest BCUT2D eigenvalue weighted by Crippen LogP contribution is -2.28. The van der Waals surface area contributed by atoms with E-state index >= 15 is 0 Å². The summed E-state index contributed by atoms with van der Waals surface area (Å²) < 4.78 is 5.21. The minimum atomic E-state index is -0.547. The summed E-state index contributed by atoms with van der Waals surface area (Å²) in [6, 6.07) is 16.8. The summed E-state index contributed by atoms with van der Waals surface area (Å²) in [5.74, 6) is 0.243. The molecule has 2 aromatic carbocycles. The van der Waals surface area contributed by atoms with Crippen LogP contribution in [0, 0.1) is 0 Å². The second kappa shape index (κ2) is 6.94. The molecule has 4 nitrogen and oxygen atoms in total. The summed E-state index contributed by atoms with van der Waals surface area (Å²) in [6.07, 6.45) is 4.75. The Hall–Kier alpha value is -2.85. The van der Waals surface area contributed by atoms with Gasteiger partial charge in [0.25, 0.3) is 0 Å². The largest absolute Gasteiger partial charge is 0.467 e. The van der Waals surface area contributed by atoms with Crippen LogP contribution in [0.15, 0.2) is 71.4 Å². The number of carbonyl (C=O) groups excluding carboxylic acids is 1. The lowest BCUT2D eigenvalue weighted by atomic mass is 10.0. The van der Waals surface area contributed by atoms with Crippen molar-refractivity contribution in [3.05, 3.63) is 78.3 Å². The van der Waals surface area contributed by atoms with E-state index in [1.807, 2.05) is 42.5 Å². The van der Waals surface area contributed by atoms with Crippen LogP contribution in [0.4, 0.5) is 0 Å². The number of aliphatic hydroxyl groups is 1. The van der Waals surface area contributed by atoms with Crippen LogP contribution in [0.25, 0.3) is 16.8 Å². The second-order valence-electron chi connectivity index (χ2n) is 5.16. The number of benzene rings is 2. The van der Waals surface area contributed by atoms with Crippen LogP contribution in [0.3, 0.4) is 0 Å². The number of rotatable bonds is 5. The molecule has 0 aliphatic carbocycles. The predicted octanol–water partition coefficient (Wildman–Crippen LogP) is 3.30. The van der Waals surface area contributed by atoms with Crippen molar-refractivity contribution >= 4 is 22.8 Å². The van der Waals surface area contributed by atoms with Crippen LogP contribution in [-0.4, -0.2) is 17.6 Å². The number of carbonyl (C=O) groups is 1. The Morgan fingerprint density at radius 2 is 1.96 bits per heavy atom. The highest BCUT2D eigenvalue weighted by Gasteiger charge is 2.14. The molecule has 1 heterocycles. The van der Waals surface area contributed by atoms with Gasteiger partial charge >= 0.3 is 0 Å². The third-order valence-electron chi connectivity index (χ3n) is 3.62. The topological polar surface area (TPSA) is 62.5 Å². The third-order valence-corrected chi connectivity index (χ3v) is 3.62. The Morgan fingerprint density at radius 3 is 2.74 bits per heavy atom. The van der Waals surface area contributed by atoms with Crippen LogP contribution >= 0.6 is 0 Å². The molecular formula is C19H17NO3. The van der Waals surface area contributed by atoms with Gasteiger partial charge in [0, 0.05) is 6.08 Å². The summed E-state index contributed by atoms with van der Waals surface area (Å²) in [6.45, 7) is -0.221. The lowest BCUT2D eigenvalue weighted by Gasteiger charge is -2.12. The smallest absolute Gasteiger partial charge is 0.244 e. The minimum absolute atomic E-state index is 0.221. The van der Waals surface area contributed by atoms with Crippen LogP contribution in [0.5, 0.6) is 0 Å². The Morgan fingerprint density at radius 1 is 1.13 bits per heavy atom. The van der Waals surface area contributed by atoms with Crippen LogP contribution in [0.1, 0.15) is 17.4 Å². The van der Waals surface area contributed by atoms with E-state index in [4.69, 9.17) is 4.42 Å². The molecule has 4 heteroatoms. The molecule has 3 rings (SSSR count).